The minimum atomic E-state index is -4.17. The number of phosphoric acid groups is 1. The van der Waals surface area contributed by atoms with Gasteiger partial charge in [0.25, 0.3) is 5.88 Å². The molecule has 0 amide bonds. The molecule has 1 aromatic heterocycles. The highest BCUT2D eigenvalue weighted by molar-refractivity contribution is 7.47. The molecular formula is C22H41N3O6PS+. The van der Waals surface area contributed by atoms with Crippen LogP contribution in [0, 0.1) is 0 Å². The lowest BCUT2D eigenvalue weighted by molar-refractivity contribution is -0.943. The molecule has 33 heavy (non-hydrogen) atoms. The topological polar surface area (TPSA) is 100 Å². The maximum Gasteiger partial charge on any atom is 0.476 e. The molecule has 0 aromatic carbocycles. The molecule has 1 aliphatic heterocycles. The molecule has 0 saturated carbocycles. The smallest absolute Gasteiger partial charge is 0.475 e. The predicted octanol–water partition coefficient (Wildman–Crippen LogP) is 5.03. The van der Waals surface area contributed by atoms with E-state index in [2.05, 4.69) is 21.7 Å². The first kappa shape index (κ1) is 28.4. The summed E-state index contributed by atoms with van der Waals surface area (Å²) in [4.78, 5) is 10.2. The molecule has 190 valence electrons. The number of unbranched alkanes of at least 4 members (excludes halogenated alkanes) is 3. The van der Waals surface area contributed by atoms with E-state index in [0.717, 1.165) is 55.2 Å². The average molecular weight is 507 g/mol. The Hall–Kier alpha value is -0.870. The molecule has 11 heteroatoms. The fraction of sp³-hybridized carbons (Fsp3) is 0.818. The van der Waals surface area contributed by atoms with Gasteiger partial charge in [0.05, 0.1) is 38.5 Å². The van der Waals surface area contributed by atoms with Gasteiger partial charge in [-0.15, -0.1) is 4.37 Å². The Bertz CT molecular complexity index is 777. The minimum absolute atomic E-state index is 0.114. The van der Waals surface area contributed by atoms with Crippen LogP contribution in [0.4, 0.5) is 0 Å². The van der Waals surface area contributed by atoms with E-state index < -0.39 is 14.1 Å². The van der Waals surface area contributed by atoms with Crippen molar-refractivity contribution < 1.29 is 32.5 Å². The molecule has 0 aliphatic carbocycles. The Kier molecular flexibility index (Phi) is 12.5. The lowest BCUT2D eigenvalue weighted by Gasteiger charge is -2.41. The zero-order chi connectivity index (χ0) is 24.2. The van der Waals surface area contributed by atoms with Gasteiger partial charge >= 0.3 is 7.82 Å². The highest BCUT2D eigenvalue weighted by Gasteiger charge is 2.39. The van der Waals surface area contributed by atoms with Crippen molar-refractivity contribution in [2.24, 2.45) is 0 Å². The zero-order valence-corrected chi connectivity index (χ0v) is 22.2. The van der Waals surface area contributed by atoms with Crippen molar-refractivity contribution in [3.05, 3.63) is 11.8 Å². The zero-order valence-electron chi connectivity index (χ0n) is 20.5. The predicted molar refractivity (Wildman–Crippen MR) is 130 cm³/mol. The maximum absolute atomic E-state index is 12.5. The fourth-order valence-electron chi connectivity index (χ4n) is 3.64. The van der Waals surface area contributed by atoms with E-state index in [0.29, 0.717) is 43.1 Å². The van der Waals surface area contributed by atoms with Gasteiger partial charge in [-0.25, -0.2) is 9.09 Å². The summed E-state index contributed by atoms with van der Waals surface area (Å²) in [5.41, 5.74) is 1.79. The number of ether oxygens (including phenoxy) is 2. The molecular weight excluding hydrogens is 465 g/mol. The Morgan fingerprint density at radius 2 is 1.94 bits per heavy atom. The highest BCUT2D eigenvalue weighted by atomic mass is 32.1. The van der Waals surface area contributed by atoms with Crippen LogP contribution < -0.4 is 4.74 Å². The van der Waals surface area contributed by atoms with Crippen LogP contribution in [-0.2, 0) is 18.3 Å². The van der Waals surface area contributed by atoms with Crippen molar-refractivity contribution in [2.45, 2.75) is 71.9 Å². The number of rotatable bonds is 17. The third kappa shape index (κ3) is 9.72. The SMILES string of the molecule is CCCCCCOc1nsnc1C1=CCC[N+](C)(C(C)OP(=O)(O)OCCCOCCC)C1. The number of nitrogens with zero attached hydrogens (tertiary/aromatic N) is 3. The maximum atomic E-state index is 12.5. The molecule has 1 aromatic rings. The van der Waals surface area contributed by atoms with Crippen LogP contribution in [-0.4, -0.2) is 70.9 Å². The monoisotopic (exact) mass is 506 g/mol. The van der Waals surface area contributed by atoms with Gasteiger partial charge in [-0.3, -0.25) is 9.01 Å². The van der Waals surface area contributed by atoms with Crippen molar-refractivity contribution in [2.75, 3.05) is 46.6 Å². The van der Waals surface area contributed by atoms with Crippen LogP contribution in [0.1, 0.15) is 71.4 Å². The molecule has 1 N–H and O–H groups in total. The molecule has 3 atom stereocenters. The highest BCUT2D eigenvalue weighted by Crippen LogP contribution is 2.46. The molecule has 2 heterocycles. The van der Waals surface area contributed by atoms with Crippen molar-refractivity contribution in [1.82, 2.24) is 8.75 Å². The van der Waals surface area contributed by atoms with Crippen LogP contribution in [0.15, 0.2) is 6.08 Å². The van der Waals surface area contributed by atoms with Gasteiger partial charge in [-0.1, -0.05) is 39.2 Å². The standard InChI is InChI=1S/C22H40N3O6PS/c1-5-7-8-9-16-29-22-21(23-33-24-22)20-12-10-13-25(4,18-20)19(3)31-32(26,27)30-17-11-15-28-14-6-2/h12,19H,5-11,13-18H2,1-4H3/p+1. The first-order valence-corrected chi connectivity index (χ1v) is 14.3. The first-order valence-electron chi connectivity index (χ1n) is 12.0. The molecule has 0 radical (unpaired) electrons. The second-order valence-corrected chi connectivity index (χ2v) is 10.6. The number of hydrogen-bond donors (Lipinski definition) is 1. The van der Waals surface area contributed by atoms with Crippen molar-refractivity contribution in [3.8, 4) is 5.88 Å². The van der Waals surface area contributed by atoms with Crippen LogP contribution in [0.5, 0.6) is 5.88 Å². The second-order valence-electron chi connectivity index (χ2n) is 8.68. The van der Waals surface area contributed by atoms with Crippen LogP contribution in [0.2, 0.25) is 0 Å². The Morgan fingerprint density at radius 1 is 1.12 bits per heavy atom. The number of quaternary nitrogens is 1. The normalized spacial score (nSPS) is 21.4. The van der Waals surface area contributed by atoms with Gasteiger partial charge in [0, 0.05) is 32.1 Å². The molecule has 9 nitrogen and oxygen atoms in total. The molecule has 0 spiro atoms. The van der Waals surface area contributed by atoms with Crippen molar-refractivity contribution >= 4 is 25.1 Å². The van der Waals surface area contributed by atoms with Crippen molar-refractivity contribution in [3.63, 3.8) is 0 Å². The van der Waals surface area contributed by atoms with Gasteiger partial charge in [-0.2, -0.15) is 4.37 Å². The van der Waals surface area contributed by atoms with Crippen LogP contribution in [0.3, 0.4) is 0 Å². The van der Waals surface area contributed by atoms with Gasteiger partial charge in [0.1, 0.15) is 12.2 Å². The lowest BCUT2D eigenvalue weighted by Crippen LogP contribution is -2.54. The van der Waals surface area contributed by atoms with E-state index >= 15 is 0 Å². The van der Waals surface area contributed by atoms with Gasteiger partial charge in [-0.05, 0) is 19.3 Å². The number of phosphoric ester groups is 1. The van der Waals surface area contributed by atoms with E-state index in [4.69, 9.17) is 18.5 Å². The first-order chi connectivity index (χ1) is 15.8. The van der Waals surface area contributed by atoms with Gasteiger partial charge < -0.3 is 14.4 Å². The summed E-state index contributed by atoms with van der Waals surface area (Å²) in [5.74, 6) is 0.575. The largest absolute Gasteiger partial charge is 0.476 e. The van der Waals surface area contributed by atoms with E-state index in [1.54, 1.807) is 0 Å². The summed E-state index contributed by atoms with van der Waals surface area (Å²) in [6, 6.07) is 0. The summed E-state index contributed by atoms with van der Waals surface area (Å²) in [6.45, 7) is 9.32. The molecule has 1 aliphatic rings. The lowest BCUT2D eigenvalue weighted by atomic mass is 10.0. The Morgan fingerprint density at radius 3 is 2.70 bits per heavy atom. The van der Waals surface area contributed by atoms with Crippen LogP contribution >= 0.6 is 19.6 Å². The van der Waals surface area contributed by atoms with Crippen molar-refractivity contribution in [1.29, 1.82) is 0 Å². The fourth-order valence-corrected chi connectivity index (χ4v) is 5.21. The third-order valence-electron chi connectivity index (χ3n) is 5.76. The molecule has 0 bridgehead atoms. The van der Waals surface area contributed by atoms with E-state index in [1.807, 2.05) is 20.9 Å². The third-order valence-corrected chi connectivity index (χ3v) is 7.35. The van der Waals surface area contributed by atoms with E-state index in [1.165, 1.54) is 12.8 Å². The van der Waals surface area contributed by atoms with Gasteiger partial charge in [0.2, 0.25) is 6.23 Å². The Labute approximate surface area is 202 Å². The van der Waals surface area contributed by atoms with E-state index in [-0.39, 0.29) is 6.61 Å². The summed E-state index contributed by atoms with van der Waals surface area (Å²) >= 11 is 1.14. The summed E-state index contributed by atoms with van der Waals surface area (Å²) in [5, 5.41) is 0. The molecule has 2 rings (SSSR count). The van der Waals surface area contributed by atoms with E-state index in [9.17, 15) is 9.46 Å². The average Bonchev–Trinajstić information content (AvgIpc) is 3.24. The minimum Gasteiger partial charge on any atom is -0.475 e. The number of likely N-dealkylation sites (N-methyl/N-ethyl adjacent to an activating group) is 1. The number of hydrogen-bond acceptors (Lipinski definition) is 8. The molecule has 0 fully saturated rings. The summed E-state index contributed by atoms with van der Waals surface area (Å²) in [7, 11) is -2.15. The summed E-state index contributed by atoms with van der Waals surface area (Å²) in [6.07, 6.45) is 8.43. The Balaban J connectivity index is 1.89. The quantitative estimate of drug-likeness (QED) is 0.178. The molecule has 0 saturated heterocycles. The van der Waals surface area contributed by atoms with Crippen LogP contribution in [0.25, 0.3) is 5.57 Å². The molecule has 3 unspecified atom stereocenters. The van der Waals surface area contributed by atoms with Gasteiger partial charge in [0.15, 0.2) is 0 Å². The number of aromatic nitrogens is 2. The second kappa shape index (κ2) is 14.5. The summed E-state index contributed by atoms with van der Waals surface area (Å²) < 4.78 is 43.7.